The summed E-state index contributed by atoms with van der Waals surface area (Å²) < 4.78 is 0. The molecule has 27 heavy (non-hydrogen) atoms. The predicted molar refractivity (Wildman–Crippen MR) is 129 cm³/mol. The average Bonchev–Trinajstić information content (AvgIpc) is 3.32. The number of halogens is 1. The van der Waals surface area contributed by atoms with E-state index in [9.17, 15) is 0 Å². The highest BCUT2D eigenvalue weighted by molar-refractivity contribution is 14.0. The maximum atomic E-state index is 5.03. The van der Waals surface area contributed by atoms with E-state index in [4.69, 9.17) is 4.99 Å². The molecule has 2 aliphatic heterocycles. The van der Waals surface area contributed by atoms with Crippen molar-refractivity contribution in [3.05, 3.63) is 22.4 Å². The van der Waals surface area contributed by atoms with Crippen LogP contribution in [0, 0.1) is 5.92 Å². The molecule has 0 saturated carbocycles. The van der Waals surface area contributed by atoms with Crippen molar-refractivity contribution in [1.82, 2.24) is 15.1 Å². The third-order valence-electron chi connectivity index (χ3n) is 5.70. The normalized spacial score (nSPS) is 22.0. The van der Waals surface area contributed by atoms with Gasteiger partial charge in [0.1, 0.15) is 0 Å². The molecule has 0 amide bonds. The highest BCUT2D eigenvalue weighted by Crippen LogP contribution is 2.28. The number of nitrogens with zero attached hydrogens (tertiary/aromatic N) is 3. The lowest BCUT2D eigenvalue weighted by Gasteiger charge is -2.29. The van der Waals surface area contributed by atoms with Crippen molar-refractivity contribution in [3.8, 4) is 0 Å². The van der Waals surface area contributed by atoms with Crippen molar-refractivity contribution in [1.29, 1.82) is 0 Å². The molecule has 6 heteroatoms. The molecule has 1 N–H and O–H groups in total. The van der Waals surface area contributed by atoms with Crippen LogP contribution in [0.1, 0.15) is 51.3 Å². The SMILES string of the molecule is CCNC(=NCC(C)(C)c1cccs1)N1CCC(CN2CCCCC2)C1.I. The fourth-order valence-corrected chi connectivity index (χ4v) is 4.97. The number of aliphatic imine (C=N–C) groups is 1. The summed E-state index contributed by atoms with van der Waals surface area (Å²) >= 11 is 1.84. The standard InChI is InChI=1S/C21H36N4S.HI/c1-4-22-20(23-17-21(2,3)19-9-8-14-26-19)25-13-10-18(16-25)15-24-11-6-5-7-12-24;/h8-9,14,18H,4-7,10-13,15-17H2,1-3H3,(H,22,23);1H. The summed E-state index contributed by atoms with van der Waals surface area (Å²) in [6.07, 6.45) is 5.50. The van der Waals surface area contributed by atoms with Gasteiger partial charge in [0, 0.05) is 36.5 Å². The minimum atomic E-state index is 0. The predicted octanol–water partition coefficient (Wildman–Crippen LogP) is 4.42. The van der Waals surface area contributed by atoms with Crippen molar-refractivity contribution in [2.75, 3.05) is 45.8 Å². The zero-order valence-electron chi connectivity index (χ0n) is 17.2. The summed E-state index contributed by atoms with van der Waals surface area (Å²) in [6, 6.07) is 4.37. The Bertz CT molecular complexity index is 567. The summed E-state index contributed by atoms with van der Waals surface area (Å²) in [7, 11) is 0. The van der Waals surface area contributed by atoms with E-state index in [1.807, 2.05) is 11.3 Å². The molecular formula is C21H37IN4S. The van der Waals surface area contributed by atoms with Gasteiger partial charge in [0.05, 0.1) is 6.54 Å². The molecule has 4 nitrogen and oxygen atoms in total. The molecule has 1 aromatic heterocycles. The third kappa shape index (κ3) is 6.60. The van der Waals surface area contributed by atoms with Gasteiger partial charge in [0.15, 0.2) is 5.96 Å². The van der Waals surface area contributed by atoms with Crippen LogP contribution in [0.2, 0.25) is 0 Å². The maximum absolute atomic E-state index is 5.03. The van der Waals surface area contributed by atoms with E-state index in [0.29, 0.717) is 0 Å². The maximum Gasteiger partial charge on any atom is 0.193 e. The van der Waals surface area contributed by atoms with Crippen LogP contribution < -0.4 is 5.32 Å². The van der Waals surface area contributed by atoms with E-state index in [-0.39, 0.29) is 29.4 Å². The fourth-order valence-electron chi connectivity index (χ4n) is 4.12. The van der Waals surface area contributed by atoms with Crippen LogP contribution in [0.15, 0.2) is 22.5 Å². The molecule has 154 valence electrons. The van der Waals surface area contributed by atoms with Crippen molar-refractivity contribution in [3.63, 3.8) is 0 Å². The Balaban J connectivity index is 0.00000261. The van der Waals surface area contributed by atoms with Crippen molar-refractivity contribution < 1.29 is 0 Å². The van der Waals surface area contributed by atoms with Crippen LogP contribution in [-0.4, -0.2) is 61.6 Å². The zero-order chi connectivity index (χ0) is 18.4. The van der Waals surface area contributed by atoms with E-state index >= 15 is 0 Å². The van der Waals surface area contributed by atoms with Crippen molar-refractivity contribution in [2.24, 2.45) is 10.9 Å². The fraction of sp³-hybridized carbons (Fsp3) is 0.762. The van der Waals surface area contributed by atoms with E-state index in [1.165, 1.54) is 50.2 Å². The van der Waals surface area contributed by atoms with Crippen molar-refractivity contribution in [2.45, 2.75) is 51.9 Å². The molecule has 1 atom stereocenters. The largest absolute Gasteiger partial charge is 0.357 e. The monoisotopic (exact) mass is 504 g/mol. The number of piperidine rings is 1. The Morgan fingerprint density at radius 2 is 2.04 bits per heavy atom. The second-order valence-electron chi connectivity index (χ2n) is 8.49. The second kappa shape index (κ2) is 11.0. The topological polar surface area (TPSA) is 30.9 Å². The van der Waals surface area contributed by atoms with E-state index < -0.39 is 0 Å². The Kier molecular flexibility index (Phi) is 9.35. The quantitative estimate of drug-likeness (QED) is 0.354. The molecule has 0 aliphatic carbocycles. The Morgan fingerprint density at radius 1 is 1.26 bits per heavy atom. The molecule has 2 aliphatic rings. The van der Waals surface area contributed by atoms with Gasteiger partial charge in [-0.3, -0.25) is 4.99 Å². The number of likely N-dealkylation sites (tertiary alicyclic amines) is 2. The van der Waals surface area contributed by atoms with Gasteiger partial charge in [-0.25, -0.2) is 0 Å². The molecule has 1 unspecified atom stereocenters. The van der Waals surface area contributed by atoms with Gasteiger partial charge in [0.25, 0.3) is 0 Å². The minimum absolute atomic E-state index is 0. The molecule has 3 rings (SSSR count). The lowest BCUT2D eigenvalue weighted by atomic mass is 9.92. The van der Waals surface area contributed by atoms with E-state index in [1.54, 1.807) is 0 Å². The minimum Gasteiger partial charge on any atom is -0.357 e. The summed E-state index contributed by atoms with van der Waals surface area (Å²) in [4.78, 5) is 11.6. The molecule has 0 aromatic carbocycles. The van der Waals surface area contributed by atoms with Gasteiger partial charge in [-0.2, -0.15) is 0 Å². The second-order valence-corrected chi connectivity index (χ2v) is 9.44. The number of thiophene rings is 1. The Labute approximate surface area is 186 Å². The van der Waals surface area contributed by atoms with E-state index in [2.05, 4.69) is 53.4 Å². The summed E-state index contributed by atoms with van der Waals surface area (Å²) in [5.41, 5.74) is 0.0990. The van der Waals surface area contributed by atoms with Crippen LogP contribution in [0.3, 0.4) is 0 Å². The molecular weight excluding hydrogens is 467 g/mol. The molecule has 2 saturated heterocycles. The van der Waals surface area contributed by atoms with E-state index in [0.717, 1.165) is 38.1 Å². The Hall–Kier alpha value is -0.340. The summed E-state index contributed by atoms with van der Waals surface area (Å²) in [5.74, 6) is 1.90. The number of rotatable bonds is 6. The number of nitrogens with one attached hydrogen (secondary N) is 1. The van der Waals surface area contributed by atoms with Crippen LogP contribution >= 0.6 is 35.3 Å². The van der Waals surface area contributed by atoms with Crippen LogP contribution in [0.25, 0.3) is 0 Å². The van der Waals surface area contributed by atoms with Gasteiger partial charge in [-0.15, -0.1) is 35.3 Å². The molecule has 1 aromatic rings. The van der Waals surface area contributed by atoms with Crippen LogP contribution in [-0.2, 0) is 5.41 Å². The van der Waals surface area contributed by atoms with Crippen LogP contribution in [0.5, 0.6) is 0 Å². The van der Waals surface area contributed by atoms with Gasteiger partial charge in [-0.1, -0.05) is 26.3 Å². The number of guanidine groups is 1. The number of hydrogen-bond donors (Lipinski definition) is 1. The van der Waals surface area contributed by atoms with Gasteiger partial charge >= 0.3 is 0 Å². The lowest BCUT2D eigenvalue weighted by molar-refractivity contribution is 0.198. The molecule has 0 spiro atoms. The van der Waals surface area contributed by atoms with Gasteiger partial charge < -0.3 is 15.1 Å². The number of hydrogen-bond acceptors (Lipinski definition) is 3. The smallest absolute Gasteiger partial charge is 0.193 e. The molecule has 2 fully saturated rings. The van der Waals surface area contributed by atoms with Crippen molar-refractivity contribution >= 4 is 41.3 Å². The zero-order valence-corrected chi connectivity index (χ0v) is 20.4. The summed E-state index contributed by atoms with van der Waals surface area (Å²) in [6.45, 7) is 14.7. The third-order valence-corrected chi connectivity index (χ3v) is 6.93. The first-order chi connectivity index (χ1) is 12.6. The first-order valence-electron chi connectivity index (χ1n) is 10.4. The average molecular weight is 505 g/mol. The molecule has 3 heterocycles. The van der Waals surface area contributed by atoms with Crippen LogP contribution in [0.4, 0.5) is 0 Å². The highest BCUT2D eigenvalue weighted by atomic mass is 127. The lowest BCUT2D eigenvalue weighted by Crippen LogP contribution is -2.42. The summed E-state index contributed by atoms with van der Waals surface area (Å²) in [5, 5.41) is 5.70. The molecule has 0 bridgehead atoms. The van der Waals surface area contributed by atoms with Gasteiger partial charge in [0.2, 0.25) is 0 Å². The first kappa shape index (κ1) is 22.9. The Morgan fingerprint density at radius 3 is 2.70 bits per heavy atom. The first-order valence-corrected chi connectivity index (χ1v) is 11.3. The highest BCUT2D eigenvalue weighted by Gasteiger charge is 2.28. The van der Waals surface area contributed by atoms with Gasteiger partial charge in [-0.05, 0) is 56.6 Å². The molecule has 0 radical (unpaired) electrons.